The van der Waals surface area contributed by atoms with Crippen LogP contribution >= 0.6 is 0 Å². The quantitative estimate of drug-likeness (QED) is 0.790. The van der Waals surface area contributed by atoms with E-state index in [2.05, 4.69) is 48.6 Å². The van der Waals surface area contributed by atoms with Crippen molar-refractivity contribution < 1.29 is 0 Å². The molecular weight excluding hydrogens is 246 g/mol. The molecule has 3 rings (SSSR count). The molecule has 0 radical (unpaired) electrons. The molecule has 0 bridgehead atoms. The Kier molecular flexibility index (Phi) is 3.28. The molecule has 2 N–H and O–H groups in total. The normalized spacial score (nSPS) is 11.2. The molecule has 0 amide bonds. The summed E-state index contributed by atoms with van der Waals surface area (Å²) in [5, 5.41) is 0. The smallest absolute Gasteiger partial charge is 0.137 e. The van der Waals surface area contributed by atoms with E-state index in [4.69, 9.17) is 10.7 Å². The molecule has 3 nitrogen and oxygen atoms in total. The first-order chi connectivity index (χ1) is 9.70. The monoisotopic (exact) mass is 265 g/mol. The van der Waals surface area contributed by atoms with E-state index in [1.807, 2.05) is 12.1 Å². The average Bonchev–Trinajstić information content (AvgIpc) is 2.80. The molecule has 102 valence electrons. The second-order valence-corrected chi connectivity index (χ2v) is 5.17. The van der Waals surface area contributed by atoms with Crippen molar-refractivity contribution in [2.75, 3.05) is 6.54 Å². The first-order valence-corrected chi connectivity index (χ1v) is 6.95. The number of aryl methyl sites for hydroxylation is 2. The van der Waals surface area contributed by atoms with Gasteiger partial charge >= 0.3 is 0 Å². The number of benzene rings is 1. The average molecular weight is 265 g/mol. The van der Waals surface area contributed by atoms with Crippen LogP contribution in [-0.4, -0.2) is 15.9 Å². The Labute approximate surface area is 119 Å². The zero-order chi connectivity index (χ0) is 14.1. The first-order valence-electron chi connectivity index (χ1n) is 6.95. The van der Waals surface area contributed by atoms with Crippen LogP contribution in [0.2, 0.25) is 0 Å². The minimum absolute atomic E-state index is 0.626. The summed E-state index contributed by atoms with van der Waals surface area (Å²) in [5.41, 5.74) is 12.6. The Morgan fingerprint density at radius 2 is 1.80 bits per heavy atom. The molecule has 2 heterocycles. The van der Waals surface area contributed by atoms with Crippen LogP contribution in [0.5, 0.6) is 0 Å². The maximum atomic E-state index is 5.79. The van der Waals surface area contributed by atoms with E-state index < -0.39 is 0 Å². The molecule has 0 aliphatic rings. The van der Waals surface area contributed by atoms with Crippen molar-refractivity contribution in [2.45, 2.75) is 20.3 Å². The van der Waals surface area contributed by atoms with Gasteiger partial charge in [0.2, 0.25) is 0 Å². The number of nitrogens with zero attached hydrogens (tertiary/aromatic N) is 2. The highest BCUT2D eigenvalue weighted by atomic mass is 15.0. The molecule has 0 spiro atoms. The van der Waals surface area contributed by atoms with Crippen LogP contribution in [0.4, 0.5) is 0 Å². The number of imidazole rings is 1. The Morgan fingerprint density at radius 3 is 2.50 bits per heavy atom. The van der Waals surface area contributed by atoms with E-state index in [0.717, 1.165) is 23.3 Å². The fourth-order valence-electron chi connectivity index (χ4n) is 2.64. The highest BCUT2D eigenvalue weighted by Crippen LogP contribution is 2.26. The third-order valence-electron chi connectivity index (χ3n) is 3.64. The Balaban J connectivity index is 2.26. The lowest BCUT2D eigenvalue weighted by molar-refractivity contribution is 0.891. The van der Waals surface area contributed by atoms with E-state index in [1.54, 1.807) is 0 Å². The summed E-state index contributed by atoms with van der Waals surface area (Å²) in [4.78, 5) is 4.80. The van der Waals surface area contributed by atoms with Crippen LogP contribution in [0.1, 0.15) is 17.0 Å². The molecule has 3 aromatic rings. The molecule has 0 saturated heterocycles. The van der Waals surface area contributed by atoms with Crippen molar-refractivity contribution in [3.63, 3.8) is 0 Å². The summed E-state index contributed by atoms with van der Waals surface area (Å²) in [6.45, 7) is 4.83. The van der Waals surface area contributed by atoms with Crippen molar-refractivity contribution in [1.82, 2.24) is 9.38 Å². The van der Waals surface area contributed by atoms with Crippen molar-refractivity contribution in [2.24, 2.45) is 5.73 Å². The van der Waals surface area contributed by atoms with E-state index in [0.29, 0.717) is 6.54 Å². The second kappa shape index (κ2) is 5.10. The van der Waals surface area contributed by atoms with Gasteiger partial charge in [-0.25, -0.2) is 4.98 Å². The lowest BCUT2D eigenvalue weighted by atomic mass is 10.1. The molecule has 2 aromatic heterocycles. The summed E-state index contributed by atoms with van der Waals surface area (Å²) in [6, 6.07) is 14.7. The predicted octanol–water partition coefficient (Wildman–Crippen LogP) is 3.12. The summed E-state index contributed by atoms with van der Waals surface area (Å²) in [5.74, 6) is 0. The Morgan fingerprint density at radius 1 is 1.05 bits per heavy atom. The van der Waals surface area contributed by atoms with Gasteiger partial charge in [-0.05, 0) is 32.5 Å². The zero-order valence-electron chi connectivity index (χ0n) is 11.9. The maximum Gasteiger partial charge on any atom is 0.137 e. The van der Waals surface area contributed by atoms with Gasteiger partial charge in [0, 0.05) is 17.7 Å². The lowest BCUT2D eigenvalue weighted by Crippen LogP contribution is -2.07. The minimum atomic E-state index is 0.626. The number of hydrogen-bond acceptors (Lipinski definition) is 2. The molecule has 0 fully saturated rings. The Bertz CT molecular complexity index is 739. The molecule has 0 saturated carbocycles. The van der Waals surface area contributed by atoms with E-state index in [9.17, 15) is 0 Å². The first kappa shape index (κ1) is 12.9. The number of fused-ring (bicyclic) bond motifs is 1. The van der Waals surface area contributed by atoms with Gasteiger partial charge in [0.1, 0.15) is 5.65 Å². The molecule has 0 unspecified atom stereocenters. The topological polar surface area (TPSA) is 43.3 Å². The van der Waals surface area contributed by atoms with Gasteiger partial charge < -0.3 is 10.1 Å². The number of pyridine rings is 1. The standard InChI is InChI=1S/C17H19N3/c1-12-6-8-14(9-7-12)17-15(10-11-18)20-13(2)4-3-5-16(20)19-17/h3-9H,10-11,18H2,1-2H3. The van der Waals surface area contributed by atoms with Gasteiger partial charge in [0.15, 0.2) is 0 Å². The molecule has 0 aliphatic heterocycles. The van der Waals surface area contributed by atoms with Crippen LogP contribution in [0, 0.1) is 13.8 Å². The number of hydrogen-bond donors (Lipinski definition) is 1. The minimum Gasteiger partial charge on any atom is -0.330 e. The second-order valence-electron chi connectivity index (χ2n) is 5.17. The zero-order valence-corrected chi connectivity index (χ0v) is 11.9. The van der Waals surface area contributed by atoms with Crippen molar-refractivity contribution >= 4 is 5.65 Å². The maximum absolute atomic E-state index is 5.79. The number of aromatic nitrogens is 2. The van der Waals surface area contributed by atoms with Gasteiger partial charge in [0.05, 0.1) is 11.4 Å². The van der Waals surface area contributed by atoms with E-state index >= 15 is 0 Å². The number of rotatable bonds is 3. The molecule has 0 aliphatic carbocycles. The van der Waals surface area contributed by atoms with Crippen LogP contribution in [-0.2, 0) is 6.42 Å². The highest BCUT2D eigenvalue weighted by molar-refractivity contribution is 5.67. The Hall–Kier alpha value is -2.13. The predicted molar refractivity (Wildman–Crippen MR) is 82.9 cm³/mol. The molecule has 0 atom stereocenters. The molecular formula is C17H19N3. The van der Waals surface area contributed by atoms with Gasteiger partial charge in [0.25, 0.3) is 0 Å². The third kappa shape index (κ3) is 2.10. The fourth-order valence-corrected chi connectivity index (χ4v) is 2.64. The van der Waals surface area contributed by atoms with E-state index in [-0.39, 0.29) is 0 Å². The van der Waals surface area contributed by atoms with Crippen molar-refractivity contribution in [3.05, 3.63) is 59.4 Å². The summed E-state index contributed by atoms with van der Waals surface area (Å²) < 4.78 is 2.21. The SMILES string of the molecule is Cc1ccc(-c2nc3cccc(C)n3c2CCN)cc1. The van der Waals surface area contributed by atoms with Crippen molar-refractivity contribution in [1.29, 1.82) is 0 Å². The fraction of sp³-hybridized carbons (Fsp3) is 0.235. The molecule has 3 heteroatoms. The summed E-state index contributed by atoms with van der Waals surface area (Å²) >= 11 is 0. The van der Waals surface area contributed by atoms with Crippen LogP contribution in [0.15, 0.2) is 42.5 Å². The third-order valence-corrected chi connectivity index (χ3v) is 3.64. The largest absolute Gasteiger partial charge is 0.330 e. The molecule has 1 aromatic carbocycles. The summed E-state index contributed by atoms with van der Waals surface area (Å²) in [6.07, 6.45) is 0.829. The van der Waals surface area contributed by atoms with E-state index in [1.165, 1.54) is 17.0 Å². The molecule has 20 heavy (non-hydrogen) atoms. The van der Waals surface area contributed by atoms with Gasteiger partial charge in [-0.1, -0.05) is 35.9 Å². The van der Waals surface area contributed by atoms with Gasteiger partial charge in [-0.15, -0.1) is 0 Å². The highest BCUT2D eigenvalue weighted by Gasteiger charge is 2.14. The van der Waals surface area contributed by atoms with Crippen LogP contribution in [0.3, 0.4) is 0 Å². The number of nitrogens with two attached hydrogens (primary N) is 1. The van der Waals surface area contributed by atoms with Crippen molar-refractivity contribution in [3.8, 4) is 11.3 Å². The van der Waals surface area contributed by atoms with Crippen LogP contribution in [0.25, 0.3) is 16.9 Å². The van der Waals surface area contributed by atoms with Gasteiger partial charge in [-0.3, -0.25) is 0 Å². The van der Waals surface area contributed by atoms with Gasteiger partial charge in [-0.2, -0.15) is 0 Å². The van der Waals surface area contributed by atoms with Crippen LogP contribution < -0.4 is 5.73 Å². The summed E-state index contributed by atoms with van der Waals surface area (Å²) in [7, 11) is 0. The lowest BCUT2D eigenvalue weighted by Gasteiger charge is -2.06.